The SMILES string of the molecule is O=S(=O)(O)c1cc(Nc2nc(Sc3ccccc3)cc(Sc3ccccc3)n2)ccc1C=Cc1ccc(Nc2nc(Sc3ccccc3)cc(Sc3ccccc3)n2)cc1S(=O)(=O)O.[NaH].[NaH]. The summed E-state index contributed by atoms with van der Waals surface area (Å²) in [7, 11) is -9.63. The first-order valence-corrected chi connectivity index (χ1v) is 25.2. The molecular formula is C46H36N6Na2O6S6. The molecule has 0 amide bonds. The number of anilines is 4. The van der Waals surface area contributed by atoms with Gasteiger partial charge in [-0.25, -0.2) is 19.9 Å². The maximum absolute atomic E-state index is 12.8. The van der Waals surface area contributed by atoms with Gasteiger partial charge in [-0.3, -0.25) is 9.11 Å². The van der Waals surface area contributed by atoms with E-state index in [4.69, 9.17) is 0 Å². The van der Waals surface area contributed by atoms with Crippen molar-refractivity contribution in [2.24, 2.45) is 0 Å². The molecule has 0 fully saturated rings. The van der Waals surface area contributed by atoms with E-state index in [0.29, 0.717) is 20.1 Å². The van der Waals surface area contributed by atoms with E-state index in [9.17, 15) is 25.9 Å². The monoisotopic (exact) mass is 1010 g/mol. The average Bonchev–Trinajstić information content (AvgIpc) is 3.27. The molecular weight excluding hydrogens is 971 g/mol. The van der Waals surface area contributed by atoms with Gasteiger partial charge >= 0.3 is 59.1 Å². The Morgan fingerprint density at radius 3 is 0.924 bits per heavy atom. The Morgan fingerprint density at radius 1 is 0.394 bits per heavy atom. The summed E-state index contributed by atoms with van der Waals surface area (Å²) in [5.41, 5.74) is 0.594. The molecule has 0 atom stereocenters. The molecule has 0 aliphatic carbocycles. The van der Waals surface area contributed by atoms with Crippen molar-refractivity contribution in [3.63, 3.8) is 0 Å². The number of nitrogens with one attached hydrogen (secondary N) is 2. The van der Waals surface area contributed by atoms with Gasteiger partial charge in [0.25, 0.3) is 20.2 Å². The second-order valence-corrected chi connectivity index (χ2v) is 20.6. The van der Waals surface area contributed by atoms with Crippen molar-refractivity contribution in [1.82, 2.24) is 19.9 Å². The minimum atomic E-state index is -4.81. The Hall–Kier alpha value is -3.96. The van der Waals surface area contributed by atoms with Crippen LogP contribution in [-0.4, -0.2) is 105 Å². The molecule has 2 aromatic heterocycles. The quantitative estimate of drug-likeness (QED) is 0.0310. The Balaban J connectivity index is 0.00000360. The Morgan fingerprint density at radius 2 is 0.667 bits per heavy atom. The van der Waals surface area contributed by atoms with Crippen molar-refractivity contribution in [3.8, 4) is 0 Å². The average molecular weight is 1010 g/mol. The molecule has 4 N–H and O–H groups in total. The molecule has 0 radical (unpaired) electrons. The standard InChI is InChI=1S/C46H34N6O6S6.2Na.2H/c53-63(54,55)39-27-33(47-45-49-41(59-35-13-5-1-6-14-35)29-42(50-45)60-36-15-7-2-8-16-36)25-23-31(39)21-22-32-24-26-34(28-40(32)64(56,57)58)48-46-51-43(61-37-17-9-3-10-18-37)30-44(52-46)62-38-19-11-4-12-20-38;;;;/h1-30H,(H,47,49,50)(H,48,51,52)(H,53,54,55)(H,56,57,58);;;;. The summed E-state index contributed by atoms with van der Waals surface area (Å²) in [4.78, 5) is 21.6. The first-order chi connectivity index (χ1) is 30.9. The molecule has 66 heavy (non-hydrogen) atoms. The predicted molar refractivity (Wildman–Crippen MR) is 269 cm³/mol. The summed E-state index contributed by atoms with van der Waals surface area (Å²) in [6.45, 7) is 0. The van der Waals surface area contributed by atoms with Crippen molar-refractivity contribution >= 4 is 162 Å². The summed E-state index contributed by atoms with van der Waals surface area (Å²) in [5.74, 6) is 0.377. The van der Waals surface area contributed by atoms with Gasteiger partial charge < -0.3 is 10.6 Å². The van der Waals surface area contributed by atoms with Crippen molar-refractivity contribution in [1.29, 1.82) is 0 Å². The van der Waals surface area contributed by atoms with Crippen LogP contribution >= 0.6 is 47.0 Å². The Labute approximate surface area is 443 Å². The second-order valence-electron chi connectivity index (χ2n) is 13.4. The van der Waals surface area contributed by atoms with Crippen LogP contribution in [0.15, 0.2) is 219 Å². The molecule has 0 spiro atoms. The summed E-state index contributed by atoms with van der Waals surface area (Å²) >= 11 is 5.74. The van der Waals surface area contributed by atoms with E-state index in [2.05, 4.69) is 30.6 Å². The molecule has 8 aromatic rings. The van der Waals surface area contributed by atoms with Crippen molar-refractivity contribution in [2.75, 3.05) is 10.6 Å². The third kappa shape index (κ3) is 14.8. The summed E-state index contributed by atoms with van der Waals surface area (Å²) < 4.78 is 71.8. The molecule has 0 aliphatic heterocycles. The van der Waals surface area contributed by atoms with Crippen LogP contribution in [0, 0.1) is 0 Å². The zero-order chi connectivity index (χ0) is 44.5. The van der Waals surface area contributed by atoms with E-state index in [-0.39, 0.29) is 93.5 Å². The van der Waals surface area contributed by atoms with Gasteiger partial charge in [0.15, 0.2) is 0 Å². The van der Waals surface area contributed by atoms with Gasteiger partial charge in [-0.05, 0) is 83.9 Å². The van der Waals surface area contributed by atoms with Gasteiger partial charge in [0.2, 0.25) is 11.9 Å². The van der Waals surface area contributed by atoms with Crippen LogP contribution < -0.4 is 10.6 Å². The summed E-state index contributed by atoms with van der Waals surface area (Å²) in [6, 6.07) is 51.0. The normalized spacial score (nSPS) is 11.4. The molecule has 8 rings (SSSR count). The van der Waals surface area contributed by atoms with Gasteiger partial charge in [-0.15, -0.1) is 0 Å². The van der Waals surface area contributed by atoms with Crippen LogP contribution in [0.5, 0.6) is 0 Å². The molecule has 0 saturated heterocycles. The molecule has 12 nitrogen and oxygen atoms in total. The van der Waals surface area contributed by atoms with Crippen molar-refractivity contribution in [3.05, 3.63) is 181 Å². The number of hydrogen-bond acceptors (Lipinski definition) is 14. The molecule has 0 bridgehead atoms. The molecule has 2 heterocycles. The van der Waals surface area contributed by atoms with Crippen LogP contribution in [0.1, 0.15) is 11.1 Å². The molecule has 324 valence electrons. The van der Waals surface area contributed by atoms with E-state index in [1.54, 1.807) is 12.1 Å². The first-order valence-electron chi connectivity index (χ1n) is 19.0. The van der Waals surface area contributed by atoms with Gasteiger partial charge in [0, 0.05) is 43.1 Å². The zero-order valence-electron chi connectivity index (χ0n) is 33.1. The fourth-order valence-electron chi connectivity index (χ4n) is 5.95. The van der Waals surface area contributed by atoms with E-state index >= 15 is 0 Å². The van der Waals surface area contributed by atoms with Gasteiger partial charge in [-0.2, -0.15) is 16.8 Å². The second kappa shape index (κ2) is 23.9. The number of nitrogens with zero attached hydrogens (tertiary/aromatic N) is 4. The number of hydrogen-bond donors (Lipinski definition) is 4. The molecule has 0 unspecified atom stereocenters. The molecule has 0 saturated carbocycles. The number of benzene rings is 6. The van der Waals surface area contributed by atoms with Gasteiger partial charge in [0.1, 0.15) is 29.9 Å². The van der Waals surface area contributed by atoms with E-state index in [1.807, 2.05) is 133 Å². The summed E-state index contributed by atoms with van der Waals surface area (Å²) in [6.07, 6.45) is 2.65. The summed E-state index contributed by atoms with van der Waals surface area (Å²) in [5, 5.41) is 8.71. The molecule has 6 aromatic carbocycles. The van der Waals surface area contributed by atoms with Crippen LogP contribution in [0.3, 0.4) is 0 Å². The number of aromatic nitrogens is 4. The Bertz CT molecular complexity index is 2850. The van der Waals surface area contributed by atoms with Crippen LogP contribution in [0.4, 0.5) is 23.3 Å². The van der Waals surface area contributed by atoms with Crippen LogP contribution in [-0.2, 0) is 20.2 Å². The van der Waals surface area contributed by atoms with Crippen LogP contribution in [0.2, 0.25) is 0 Å². The van der Waals surface area contributed by atoms with Gasteiger partial charge in [-0.1, -0.05) is 144 Å². The van der Waals surface area contributed by atoms with Crippen LogP contribution in [0.25, 0.3) is 12.2 Å². The van der Waals surface area contributed by atoms with E-state index in [0.717, 1.165) is 19.6 Å². The predicted octanol–water partition coefficient (Wildman–Crippen LogP) is 10.7. The Kier molecular flexibility index (Phi) is 18.6. The first kappa shape index (κ1) is 51.4. The van der Waals surface area contributed by atoms with Gasteiger partial charge in [0.05, 0.1) is 0 Å². The molecule has 0 aliphatic rings. The van der Waals surface area contributed by atoms with E-state index < -0.39 is 30.0 Å². The third-order valence-corrected chi connectivity index (χ3v) is 14.3. The van der Waals surface area contributed by atoms with Crippen molar-refractivity contribution < 1.29 is 25.9 Å². The third-order valence-electron chi connectivity index (χ3n) is 8.76. The topological polar surface area (TPSA) is 184 Å². The van der Waals surface area contributed by atoms with Crippen molar-refractivity contribution in [2.45, 2.75) is 49.5 Å². The fraction of sp³-hybridized carbons (Fsp3) is 0. The van der Waals surface area contributed by atoms with E-state index in [1.165, 1.54) is 83.5 Å². The zero-order valence-corrected chi connectivity index (χ0v) is 38.0. The fourth-order valence-corrected chi connectivity index (χ4v) is 10.9. The number of rotatable bonds is 16. The molecule has 20 heteroatoms. The minimum absolute atomic E-state index is 0. The maximum atomic E-state index is 12.8.